The number of nitrogens with zero attached hydrogens (tertiary/aromatic N) is 1. The molecule has 0 atom stereocenters. The Bertz CT molecular complexity index is 513. The molecule has 2 aliphatic rings. The van der Waals surface area contributed by atoms with Gasteiger partial charge in [-0.25, -0.2) is 9.38 Å². The zero-order chi connectivity index (χ0) is 15.6. The van der Waals surface area contributed by atoms with E-state index in [-0.39, 0.29) is 0 Å². The van der Waals surface area contributed by atoms with Crippen LogP contribution < -0.4 is 5.73 Å². The Hall–Kier alpha value is -1.38. The Balaban J connectivity index is 2.24. The maximum Gasteiger partial charge on any atom is 0.108 e. The smallest absolute Gasteiger partial charge is 0.108 e. The van der Waals surface area contributed by atoms with Crippen LogP contribution in [0.1, 0.15) is 59.3 Å². The molecule has 116 valence electrons. The molecule has 0 aromatic rings. The van der Waals surface area contributed by atoms with Gasteiger partial charge in [-0.15, -0.1) is 0 Å². The summed E-state index contributed by atoms with van der Waals surface area (Å²) < 4.78 is 14.0. The van der Waals surface area contributed by atoms with E-state index in [1.165, 1.54) is 11.1 Å². The zero-order valence-electron chi connectivity index (χ0n) is 13.5. The van der Waals surface area contributed by atoms with Gasteiger partial charge in [-0.3, -0.25) is 0 Å². The van der Waals surface area contributed by atoms with Crippen molar-refractivity contribution in [2.45, 2.75) is 65.0 Å². The molecule has 2 rings (SSSR count). The Morgan fingerprint density at radius 3 is 2.62 bits per heavy atom. The quantitative estimate of drug-likeness (QED) is 0.791. The van der Waals surface area contributed by atoms with E-state index < -0.39 is 5.67 Å². The van der Waals surface area contributed by atoms with Crippen LogP contribution >= 0.6 is 0 Å². The molecule has 0 saturated heterocycles. The van der Waals surface area contributed by atoms with Crippen LogP contribution in [0.4, 0.5) is 4.39 Å². The summed E-state index contributed by atoms with van der Waals surface area (Å²) in [5.74, 6) is 1.09. The standard InChI is InChI=1S/C18H27FN2/c1-5-12(3)17-15(11-16(20)21-17)14(6-2)13-7-9-18(4,19)10-8-13/h6,13H,3,5,7-11H2,1-2,4H3,(H2,20,21)/b14-6-. The molecule has 3 heteroatoms. The van der Waals surface area contributed by atoms with Gasteiger partial charge in [0.2, 0.25) is 0 Å². The largest absolute Gasteiger partial charge is 0.387 e. The summed E-state index contributed by atoms with van der Waals surface area (Å²) in [6.45, 7) is 9.98. The molecule has 0 radical (unpaired) electrons. The molecule has 0 aromatic heterocycles. The summed E-state index contributed by atoms with van der Waals surface area (Å²) in [6, 6.07) is 0. The molecule has 0 aromatic carbocycles. The highest BCUT2D eigenvalue weighted by atomic mass is 19.1. The van der Waals surface area contributed by atoms with E-state index in [9.17, 15) is 4.39 Å². The first-order chi connectivity index (χ1) is 9.88. The summed E-state index contributed by atoms with van der Waals surface area (Å²) in [5.41, 5.74) is 9.49. The average Bonchev–Trinajstić information content (AvgIpc) is 2.82. The number of amidine groups is 1. The highest BCUT2D eigenvalue weighted by molar-refractivity contribution is 5.88. The first kappa shape index (κ1) is 16.0. The Morgan fingerprint density at radius 2 is 2.10 bits per heavy atom. The molecule has 0 unspecified atom stereocenters. The first-order valence-electron chi connectivity index (χ1n) is 7.97. The second-order valence-electron chi connectivity index (χ2n) is 6.50. The summed E-state index contributed by atoms with van der Waals surface area (Å²) in [7, 11) is 0. The molecule has 1 fully saturated rings. The van der Waals surface area contributed by atoms with Crippen LogP contribution in [0.5, 0.6) is 0 Å². The van der Waals surface area contributed by atoms with Crippen molar-refractivity contribution in [1.82, 2.24) is 0 Å². The van der Waals surface area contributed by atoms with Gasteiger partial charge in [0, 0.05) is 6.42 Å². The minimum Gasteiger partial charge on any atom is -0.387 e. The highest BCUT2D eigenvalue weighted by Crippen LogP contribution is 2.42. The number of nitrogens with two attached hydrogens (primary N) is 1. The maximum absolute atomic E-state index is 14.0. The first-order valence-corrected chi connectivity index (χ1v) is 7.97. The third kappa shape index (κ3) is 3.45. The van der Waals surface area contributed by atoms with Crippen molar-refractivity contribution in [1.29, 1.82) is 0 Å². The number of hydrogen-bond acceptors (Lipinski definition) is 2. The van der Waals surface area contributed by atoms with Crippen molar-refractivity contribution in [2.75, 3.05) is 0 Å². The van der Waals surface area contributed by atoms with E-state index in [1.807, 2.05) is 0 Å². The summed E-state index contributed by atoms with van der Waals surface area (Å²) >= 11 is 0. The van der Waals surface area contributed by atoms with Crippen molar-refractivity contribution >= 4 is 5.84 Å². The molecule has 2 N–H and O–H groups in total. The van der Waals surface area contributed by atoms with Gasteiger partial charge >= 0.3 is 0 Å². The number of allylic oxidation sites excluding steroid dienone is 3. The predicted molar refractivity (Wildman–Crippen MR) is 87.9 cm³/mol. The number of aliphatic imine (C=N–C) groups is 1. The number of halogens is 1. The average molecular weight is 290 g/mol. The van der Waals surface area contributed by atoms with Crippen molar-refractivity contribution in [2.24, 2.45) is 16.6 Å². The summed E-state index contributed by atoms with van der Waals surface area (Å²) in [5, 5.41) is 0. The van der Waals surface area contributed by atoms with Gasteiger partial charge in [-0.1, -0.05) is 19.6 Å². The van der Waals surface area contributed by atoms with Gasteiger partial charge in [0.15, 0.2) is 0 Å². The zero-order valence-corrected chi connectivity index (χ0v) is 13.5. The molecule has 0 bridgehead atoms. The fourth-order valence-electron chi connectivity index (χ4n) is 3.40. The third-order valence-corrected chi connectivity index (χ3v) is 4.79. The maximum atomic E-state index is 14.0. The minimum atomic E-state index is -0.995. The van der Waals surface area contributed by atoms with E-state index in [2.05, 4.69) is 31.5 Å². The van der Waals surface area contributed by atoms with Gasteiger partial charge in [0.1, 0.15) is 11.5 Å². The minimum absolute atomic E-state index is 0.426. The van der Waals surface area contributed by atoms with E-state index in [4.69, 9.17) is 5.73 Å². The van der Waals surface area contributed by atoms with Crippen LogP contribution in [0.15, 0.2) is 40.1 Å². The molecule has 0 amide bonds. The molecule has 1 aliphatic carbocycles. The van der Waals surface area contributed by atoms with Gasteiger partial charge in [-0.2, -0.15) is 0 Å². The highest BCUT2D eigenvalue weighted by Gasteiger charge is 2.34. The number of rotatable bonds is 4. The molecule has 1 saturated carbocycles. The molecule has 2 nitrogen and oxygen atoms in total. The summed E-state index contributed by atoms with van der Waals surface area (Å²) in [6.07, 6.45) is 6.84. The fourth-order valence-corrected chi connectivity index (χ4v) is 3.40. The lowest BCUT2D eigenvalue weighted by atomic mass is 9.75. The second-order valence-corrected chi connectivity index (χ2v) is 6.50. The van der Waals surface area contributed by atoms with Crippen molar-refractivity contribution in [3.63, 3.8) is 0 Å². The molecular formula is C18H27FN2. The van der Waals surface area contributed by atoms with Crippen molar-refractivity contribution in [3.05, 3.63) is 35.1 Å². The Kier molecular flexibility index (Phi) is 4.70. The van der Waals surface area contributed by atoms with Gasteiger partial charge in [0.05, 0.1) is 5.70 Å². The fraction of sp³-hybridized carbons (Fsp3) is 0.611. The lowest BCUT2D eigenvalue weighted by Crippen LogP contribution is -2.27. The van der Waals surface area contributed by atoms with E-state index in [0.29, 0.717) is 31.0 Å². The lowest BCUT2D eigenvalue weighted by Gasteiger charge is -2.33. The van der Waals surface area contributed by atoms with E-state index >= 15 is 0 Å². The summed E-state index contributed by atoms with van der Waals surface area (Å²) in [4.78, 5) is 4.49. The normalized spacial score (nSPS) is 30.6. The van der Waals surface area contributed by atoms with Crippen LogP contribution in [-0.2, 0) is 0 Å². The van der Waals surface area contributed by atoms with Crippen LogP contribution in [0.25, 0.3) is 0 Å². The molecule has 0 spiro atoms. The van der Waals surface area contributed by atoms with E-state index in [0.717, 1.165) is 30.5 Å². The SMILES string of the molecule is C=C(CC)C1=C(/C(=C\C)C2CCC(C)(F)CC2)CC(N)=N1. The van der Waals surface area contributed by atoms with Gasteiger partial charge in [0.25, 0.3) is 0 Å². The van der Waals surface area contributed by atoms with Crippen LogP contribution in [-0.4, -0.2) is 11.5 Å². The van der Waals surface area contributed by atoms with Crippen LogP contribution in [0.2, 0.25) is 0 Å². The molecule has 1 aliphatic heterocycles. The van der Waals surface area contributed by atoms with Crippen molar-refractivity contribution < 1.29 is 4.39 Å². The topological polar surface area (TPSA) is 38.4 Å². The van der Waals surface area contributed by atoms with Crippen molar-refractivity contribution in [3.8, 4) is 0 Å². The molecular weight excluding hydrogens is 263 g/mol. The Morgan fingerprint density at radius 1 is 1.48 bits per heavy atom. The second kappa shape index (κ2) is 6.17. The monoisotopic (exact) mass is 290 g/mol. The third-order valence-electron chi connectivity index (χ3n) is 4.79. The number of hydrogen-bond donors (Lipinski definition) is 1. The van der Waals surface area contributed by atoms with E-state index in [1.54, 1.807) is 6.92 Å². The van der Waals surface area contributed by atoms with Gasteiger partial charge in [-0.05, 0) is 68.6 Å². The number of alkyl halides is 1. The predicted octanol–water partition coefficient (Wildman–Crippen LogP) is 4.83. The molecule has 21 heavy (non-hydrogen) atoms. The lowest BCUT2D eigenvalue weighted by molar-refractivity contribution is 0.112. The molecule has 1 heterocycles. The van der Waals surface area contributed by atoms with Gasteiger partial charge < -0.3 is 5.73 Å². The van der Waals surface area contributed by atoms with Crippen LogP contribution in [0.3, 0.4) is 0 Å². The van der Waals surface area contributed by atoms with Crippen LogP contribution in [0, 0.1) is 5.92 Å². The Labute approximate surface area is 127 Å².